The van der Waals surface area contributed by atoms with Crippen molar-refractivity contribution in [1.82, 2.24) is 0 Å². The normalized spacial score (nSPS) is 33.6. The van der Waals surface area contributed by atoms with Crippen molar-refractivity contribution >= 4 is 0 Å². The summed E-state index contributed by atoms with van der Waals surface area (Å²) in [5.74, 6) is 1.99. The van der Waals surface area contributed by atoms with E-state index in [0.717, 1.165) is 17.7 Å². The van der Waals surface area contributed by atoms with Crippen LogP contribution in [0, 0.1) is 5.92 Å². The molecule has 2 aliphatic rings. The molecule has 1 aliphatic heterocycles. The molecule has 3 heteroatoms. The van der Waals surface area contributed by atoms with Crippen molar-refractivity contribution in [3.8, 4) is 11.5 Å². The van der Waals surface area contributed by atoms with Gasteiger partial charge in [0.2, 0.25) is 0 Å². The van der Waals surface area contributed by atoms with E-state index < -0.39 is 0 Å². The van der Waals surface area contributed by atoms with E-state index in [1.54, 1.807) is 18.2 Å². The molecule has 1 aromatic carbocycles. The quantitative estimate of drug-likeness (QED) is 0.640. The molecule has 1 N–H and O–H groups in total. The van der Waals surface area contributed by atoms with Crippen molar-refractivity contribution < 1.29 is 14.9 Å². The van der Waals surface area contributed by atoms with Gasteiger partial charge in [-0.25, -0.2) is 0 Å². The molecule has 1 saturated carbocycles. The monoisotopic (exact) mass is 192 g/mol. The molecule has 1 aliphatic carbocycles. The first-order valence-electron chi connectivity index (χ1n) is 4.92. The van der Waals surface area contributed by atoms with Crippen LogP contribution in [0.3, 0.4) is 0 Å². The molecule has 0 saturated heterocycles. The fourth-order valence-corrected chi connectivity index (χ4v) is 2.14. The van der Waals surface area contributed by atoms with Crippen LogP contribution in [0.25, 0.3) is 0 Å². The second-order valence-electron chi connectivity index (χ2n) is 4.13. The molecule has 0 radical (unpaired) electrons. The van der Waals surface area contributed by atoms with Gasteiger partial charge in [-0.15, -0.1) is 0 Å². The predicted molar refractivity (Wildman–Crippen MR) is 50.1 cm³/mol. The third kappa shape index (κ3) is 1.09. The molecule has 0 bridgehead atoms. The Morgan fingerprint density at radius 3 is 3.14 bits per heavy atom. The van der Waals surface area contributed by atoms with Crippen molar-refractivity contribution in [3.63, 3.8) is 0 Å². The van der Waals surface area contributed by atoms with Gasteiger partial charge in [-0.1, -0.05) is 6.92 Å². The van der Waals surface area contributed by atoms with Crippen LogP contribution in [-0.4, -0.2) is 11.2 Å². The van der Waals surface area contributed by atoms with E-state index in [1.165, 1.54) is 0 Å². The maximum atomic E-state index is 9.40. The zero-order valence-corrected chi connectivity index (χ0v) is 7.93. The molecular formula is C11H12O3. The largest absolute Gasteiger partial charge is 0.508 e. The Labute approximate surface area is 82.2 Å². The number of aromatic hydroxyl groups is 1. The highest BCUT2D eigenvalue weighted by Crippen LogP contribution is 2.50. The first kappa shape index (κ1) is 8.12. The lowest BCUT2D eigenvalue weighted by molar-refractivity contribution is -0.218. The molecule has 74 valence electrons. The number of hydrogen-bond acceptors (Lipinski definition) is 3. The van der Waals surface area contributed by atoms with Gasteiger partial charge in [-0.2, -0.15) is 4.89 Å². The van der Waals surface area contributed by atoms with Gasteiger partial charge >= 0.3 is 0 Å². The molecule has 0 unspecified atom stereocenters. The highest BCUT2D eigenvalue weighted by atomic mass is 17.2. The average Bonchev–Trinajstić information content (AvgIpc) is 2.93. The highest BCUT2D eigenvalue weighted by molar-refractivity contribution is 5.43. The first-order valence-corrected chi connectivity index (χ1v) is 4.92. The lowest BCUT2D eigenvalue weighted by atomic mass is 9.95. The Bertz CT molecular complexity index is 375. The zero-order chi connectivity index (χ0) is 9.71. The van der Waals surface area contributed by atoms with Crippen LogP contribution in [-0.2, 0) is 4.89 Å². The van der Waals surface area contributed by atoms with Crippen molar-refractivity contribution in [1.29, 1.82) is 0 Å². The van der Waals surface area contributed by atoms with Gasteiger partial charge in [-0.05, 0) is 36.5 Å². The summed E-state index contributed by atoms with van der Waals surface area (Å²) >= 11 is 0. The molecule has 1 aromatic rings. The van der Waals surface area contributed by atoms with E-state index in [9.17, 15) is 5.11 Å². The van der Waals surface area contributed by atoms with Crippen molar-refractivity contribution in [2.24, 2.45) is 5.92 Å². The molecule has 14 heavy (non-hydrogen) atoms. The lowest BCUT2D eigenvalue weighted by Crippen LogP contribution is -1.98. The van der Waals surface area contributed by atoms with Crippen LogP contribution in [0.4, 0.5) is 0 Å². The summed E-state index contributed by atoms with van der Waals surface area (Å²) in [6.07, 6.45) is 1.32. The molecule has 1 heterocycles. The first-order chi connectivity index (χ1) is 6.75. The standard InChI is InChI=1S/C11H12O3/c1-6-8-4-7(12)2-3-10(8)13-14-11-5-9(6)11/h2-4,6,9,11-12H,5H2,1H3/t6-,9+,11+/m1/s1. The van der Waals surface area contributed by atoms with Crippen molar-refractivity contribution in [3.05, 3.63) is 23.8 Å². The second-order valence-corrected chi connectivity index (χ2v) is 4.13. The molecule has 3 rings (SSSR count). The zero-order valence-electron chi connectivity index (χ0n) is 7.93. The Morgan fingerprint density at radius 1 is 1.43 bits per heavy atom. The fourth-order valence-electron chi connectivity index (χ4n) is 2.14. The van der Waals surface area contributed by atoms with Crippen molar-refractivity contribution in [2.45, 2.75) is 25.4 Å². The van der Waals surface area contributed by atoms with Gasteiger partial charge in [0, 0.05) is 5.56 Å². The molecule has 1 fully saturated rings. The number of hydrogen-bond donors (Lipinski definition) is 1. The minimum atomic E-state index is 0.250. The van der Waals surface area contributed by atoms with E-state index in [0.29, 0.717) is 17.6 Å². The highest BCUT2D eigenvalue weighted by Gasteiger charge is 2.47. The molecular weight excluding hydrogens is 180 g/mol. The Morgan fingerprint density at radius 2 is 2.29 bits per heavy atom. The lowest BCUT2D eigenvalue weighted by Gasteiger charge is -2.11. The summed E-state index contributed by atoms with van der Waals surface area (Å²) < 4.78 is 0. The van der Waals surface area contributed by atoms with Crippen LogP contribution < -0.4 is 4.89 Å². The van der Waals surface area contributed by atoms with Crippen molar-refractivity contribution in [2.75, 3.05) is 0 Å². The molecule has 0 amide bonds. The van der Waals surface area contributed by atoms with Crippen LogP contribution in [0.2, 0.25) is 0 Å². The van der Waals surface area contributed by atoms with E-state index in [2.05, 4.69) is 6.92 Å². The Hall–Kier alpha value is -1.22. The smallest absolute Gasteiger partial charge is 0.169 e. The number of rotatable bonds is 0. The Kier molecular flexibility index (Phi) is 1.53. The van der Waals surface area contributed by atoms with Gasteiger partial charge in [0.15, 0.2) is 5.75 Å². The number of benzene rings is 1. The number of fused-ring (bicyclic) bond motifs is 2. The Balaban J connectivity index is 2.07. The van der Waals surface area contributed by atoms with E-state index >= 15 is 0 Å². The minimum absolute atomic E-state index is 0.250. The molecule has 0 aromatic heterocycles. The maximum Gasteiger partial charge on any atom is 0.169 e. The summed E-state index contributed by atoms with van der Waals surface area (Å²) in [5.41, 5.74) is 1.05. The summed E-state index contributed by atoms with van der Waals surface area (Å²) in [6, 6.07) is 5.14. The number of phenolic OH excluding ortho intramolecular Hbond substituents is 1. The number of phenols is 1. The molecule has 0 spiro atoms. The molecule has 3 atom stereocenters. The van der Waals surface area contributed by atoms with Gasteiger partial charge in [0.1, 0.15) is 11.9 Å². The third-order valence-corrected chi connectivity index (χ3v) is 3.17. The van der Waals surface area contributed by atoms with Crippen LogP contribution in [0.1, 0.15) is 24.8 Å². The van der Waals surface area contributed by atoms with Crippen LogP contribution in [0.15, 0.2) is 18.2 Å². The van der Waals surface area contributed by atoms with E-state index in [4.69, 9.17) is 9.78 Å². The SMILES string of the molecule is C[C@@H]1c2cc(O)ccc2OO[C@H]2C[C@H]21. The topological polar surface area (TPSA) is 38.7 Å². The van der Waals surface area contributed by atoms with Crippen LogP contribution in [0.5, 0.6) is 11.5 Å². The predicted octanol–water partition coefficient (Wildman–Crippen LogP) is 2.21. The van der Waals surface area contributed by atoms with Gasteiger partial charge in [-0.3, -0.25) is 0 Å². The molecule has 3 nitrogen and oxygen atoms in total. The second kappa shape index (κ2) is 2.64. The van der Waals surface area contributed by atoms with E-state index in [-0.39, 0.29) is 6.10 Å². The van der Waals surface area contributed by atoms with Crippen LogP contribution >= 0.6 is 0 Å². The van der Waals surface area contributed by atoms with Gasteiger partial charge < -0.3 is 9.99 Å². The third-order valence-electron chi connectivity index (χ3n) is 3.17. The summed E-state index contributed by atoms with van der Waals surface area (Å²) in [6.45, 7) is 2.15. The summed E-state index contributed by atoms with van der Waals surface area (Å²) in [5, 5.41) is 9.40. The minimum Gasteiger partial charge on any atom is -0.508 e. The maximum absolute atomic E-state index is 9.40. The average molecular weight is 192 g/mol. The summed E-state index contributed by atoms with van der Waals surface area (Å²) in [4.78, 5) is 10.4. The van der Waals surface area contributed by atoms with E-state index in [1.807, 2.05) is 0 Å². The van der Waals surface area contributed by atoms with Gasteiger partial charge in [0.05, 0.1) is 0 Å². The fraction of sp³-hybridized carbons (Fsp3) is 0.455. The summed E-state index contributed by atoms with van der Waals surface area (Å²) in [7, 11) is 0. The van der Waals surface area contributed by atoms with Gasteiger partial charge in [0.25, 0.3) is 0 Å².